The molecule has 2 atom stereocenters. The van der Waals surface area contributed by atoms with Crippen LogP contribution in [0.5, 0.6) is 0 Å². The van der Waals surface area contributed by atoms with Gasteiger partial charge < -0.3 is 15.1 Å². The lowest BCUT2D eigenvalue weighted by Crippen LogP contribution is -2.48. The SMILES string of the molecule is O=C1Nc2ccc(F)cc2CN1CC(=O)N1C[C@@H]2C=C(c3ccc(F)cn3)[C@H]1C2. The van der Waals surface area contributed by atoms with Gasteiger partial charge in [-0.3, -0.25) is 9.78 Å². The smallest absolute Gasteiger partial charge is 0.322 e. The number of likely N-dealkylation sites (tertiary alicyclic amines) is 1. The minimum atomic E-state index is -0.404. The third-order valence-corrected chi connectivity index (χ3v) is 5.73. The summed E-state index contributed by atoms with van der Waals surface area (Å²) in [6.07, 6.45) is 4.07. The Morgan fingerprint density at radius 2 is 2.03 bits per heavy atom. The molecule has 0 saturated carbocycles. The topological polar surface area (TPSA) is 65.5 Å². The number of anilines is 1. The van der Waals surface area contributed by atoms with Gasteiger partial charge in [-0.2, -0.15) is 0 Å². The van der Waals surface area contributed by atoms with Gasteiger partial charge in [0.05, 0.1) is 24.5 Å². The summed E-state index contributed by atoms with van der Waals surface area (Å²) in [5, 5.41) is 2.70. The summed E-state index contributed by atoms with van der Waals surface area (Å²) in [4.78, 5) is 32.6. The highest BCUT2D eigenvalue weighted by Gasteiger charge is 2.43. The number of nitrogens with one attached hydrogen (secondary N) is 1. The first-order chi connectivity index (χ1) is 14.0. The summed E-state index contributed by atoms with van der Waals surface area (Å²) in [6.45, 7) is 0.679. The summed E-state index contributed by atoms with van der Waals surface area (Å²) in [5.41, 5.74) is 2.78. The van der Waals surface area contributed by atoms with Gasteiger partial charge in [-0.05, 0) is 53.8 Å². The van der Waals surface area contributed by atoms with E-state index in [1.807, 2.05) is 0 Å². The van der Waals surface area contributed by atoms with Crippen molar-refractivity contribution < 1.29 is 18.4 Å². The number of pyridine rings is 1. The highest BCUT2D eigenvalue weighted by molar-refractivity contribution is 5.95. The van der Waals surface area contributed by atoms with Crippen LogP contribution in [-0.4, -0.2) is 45.9 Å². The molecule has 1 N–H and O–H groups in total. The lowest BCUT2D eigenvalue weighted by Gasteiger charge is -2.33. The Bertz CT molecular complexity index is 1040. The highest BCUT2D eigenvalue weighted by atomic mass is 19.1. The fraction of sp³-hybridized carbons (Fsp3) is 0.286. The number of urea groups is 1. The second-order valence-corrected chi connectivity index (χ2v) is 7.63. The molecule has 1 aliphatic carbocycles. The van der Waals surface area contributed by atoms with Crippen LogP contribution in [0, 0.1) is 17.6 Å². The first kappa shape index (κ1) is 17.8. The number of halogens is 2. The normalized spacial score (nSPS) is 22.4. The van der Waals surface area contributed by atoms with Crippen molar-refractivity contribution in [2.75, 3.05) is 18.4 Å². The highest BCUT2D eigenvalue weighted by Crippen LogP contribution is 2.41. The number of carbonyl (C=O) groups is 2. The zero-order valence-electron chi connectivity index (χ0n) is 15.4. The lowest BCUT2D eigenvalue weighted by molar-refractivity contribution is -0.132. The molecule has 1 aromatic carbocycles. The number of aromatic nitrogens is 1. The number of hydrogen-bond acceptors (Lipinski definition) is 3. The van der Waals surface area contributed by atoms with E-state index in [2.05, 4.69) is 16.4 Å². The van der Waals surface area contributed by atoms with E-state index in [0.717, 1.165) is 12.0 Å². The van der Waals surface area contributed by atoms with Crippen molar-refractivity contribution in [1.29, 1.82) is 0 Å². The van der Waals surface area contributed by atoms with Crippen molar-refractivity contribution in [3.63, 3.8) is 0 Å². The molecule has 2 aromatic rings. The standard InChI is InChI=1S/C21H18F2N4O2/c22-14-1-3-17-13(7-14)10-26(21(29)25-17)11-20(28)27-9-12-5-16(19(27)6-12)18-4-2-15(23)8-24-18/h1-5,7-8,12,19H,6,9-11H2,(H,25,29)/t12-,19-/m1/s1. The van der Waals surface area contributed by atoms with Gasteiger partial charge in [0, 0.05) is 12.2 Å². The Balaban J connectivity index is 1.31. The minimum Gasteiger partial charge on any atom is -0.333 e. The summed E-state index contributed by atoms with van der Waals surface area (Å²) in [6, 6.07) is 6.65. The van der Waals surface area contributed by atoms with Crippen molar-refractivity contribution in [1.82, 2.24) is 14.8 Å². The maximum Gasteiger partial charge on any atom is 0.322 e. The average Bonchev–Trinajstić information content (AvgIpc) is 3.30. The van der Waals surface area contributed by atoms with Crippen LogP contribution in [0.1, 0.15) is 17.7 Å². The van der Waals surface area contributed by atoms with Crippen molar-refractivity contribution in [2.45, 2.75) is 19.0 Å². The Labute approximate surface area is 165 Å². The van der Waals surface area contributed by atoms with Crippen LogP contribution < -0.4 is 5.32 Å². The van der Waals surface area contributed by atoms with E-state index in [4.69, 9.17) is 0 Å². The van der Waals surface area contributed by atoms with Gasteiger partial charge in [0.15, 0.2) is 0 Å². The molecule has 5 rings (SSSR count). The zero-order valence-corrected chi connectivity index (χ0v) is 15.4. The van der Waals surface area contributed by atoms with Gasteiger partial charge in [-0.15, -0.1) is 0 Å². The first-order valence-corrected chi connectivity index (χ1v) is 9.45. The van der Waals surface area contributed by atoms with E-state index < -0.39 is 5.82 Å². The summed E-state index contributed by atoms with van der Waals surface area (Å²) in [7, 11) is 0. The predicted octanol–water partition coefficient (Wildman–Crippen LogP) is 3.02. The third kappa shape index (κ3) is 3.14. The third-order valence-electron chi connectivity index (χ3n) is 5.73. The zero-order chi connectivity index (χ0) is 20.1. The molecule has 3 amide bonds. The number of carbonyl (C=O) groups excluding carboxylic acids is 2. The molecule has 2 aliphatic heterocycles. The Hall–Kier alpha value is -3.29. The quantitative estimate of drug-likeness (QED) is 0.868. The molecule has 2 bridgehead atoms. The van der Waals surface area contributed by atoms with E-state index in [1.165, 1.54) is 35.4 Å². The van der Waals surface area contributed by atoms with Crippen LogP contribution in [-0.2, 0) is 11.3 Å². The second kappa shape index (κ2) is 6.65. The monoisotopic (exact) mass is 396 g/mol. The van der Waals surface area contributed by atoms with Crippen LogP contribution in [0.3, 0.4) is 0 Å². The molecule has 1 saturated heterocycles. The van der Waals surface area contributed by atoms with E-state index in [-0.39, 0.29) is 42.8 Å². The van der Waals surface area contributed by atoms with E-state index in [1.54, 1.807) is 11.0 Å². The van der Waals surface area contributed by atoms with Gasteiger partial charge in [-0.1, -0.05) is 6.08 Å². The molecule has 1 fully saturated rings. The van der Waals surface area contributed by atoms with E-state index in [9.17, 15) is 18.4 Å². The van der Waals surface area contributed by atoms with Crippen LogP contribution in [0.2, 0.25) is 0 Å². The molecular weight excluding hydrogens is 378 g/mol. The van der Waals surface area contributed by atoms with Crippen molar-refractivity contribution in [3.05, 3.63) is 65.5 Å². The van der Waals surface area contributed by atoms with E-state index >= 15 is 0 Å². The van der Waals surface area contributed by atoms with Gasteiger partial charge in [0.2, 0.25) is 5.91 Å². The fourth-order valence-electron chi connectivity index (χ4n) is 4.40. The number of rotatable bonds is 3. The van der Waals surface area contributed by atoms with Crippen molar-refractivity contribution >= 4 is 23.2 Å². The number of amides is 3. The number of fused-ring (bicyclic) bond motifs is 3. The molecule has 8 heteroatoms. The van der Waals surface area contributed by atoms with Gasteiger partial charge >= 0.3 is 6.03 Å². The molecule has 0 radical (unpaired) electrons. The number of benzene rings is 1. The largest absolute Gasteiger partial charge is 0.333 e. The molecule has 1 aromatic heterocycles. The summed E-state index contributed by atoms with van der Waals surface area (Å²) >= 11 is 0. The molecule has 0 spiro atoms. The first-order valence-electron chi connectivity index (χ1n) is 9.45. The second-order valence-electron chi connectivity index (χ2n) is 7.63. The molecule has 3 aliphatic rings. The molecule has 6 nitrogen and oxygen atoms in total. The van der Waals surface area contributed by atoms with Crippen molar-refractivity contribution in [2.24, 2.45) is 5.92 Å². The lowest BCUT2D eigenvalue weighted by atomic mass is 10.0. The minimum absolute atomic E-state index is 0.0882. The maximum atomic E-state index is 13.5. The Morgan fingerprint density at radius 3 is 2.79 bits per heavy atom. The average molecular weight is 396 g/mol. The predicted molar refractivity (Wildman–Crippen MR) is 102 cm³/mol. The summed E-state index contributed by atoms with van der Waals surface area (Å²) in [5.74, 6) is -0.723. The Kier molecular flexibility index (Phi) is 4.08. The van der Waals surface area contributed by atoms with Gasteiger partial charge in [-0.25, -0.2) is 13.6 Å². The molecular formula is C21H18F2N4O2. The van der Waals surface area contributed by atoms with Gasteiger partial charge in [0.1, 0.15) is 18.2 Å². The van der Waals surface area contributed by atoms with Crippen molar-refractivity contribution in [3.8, 4) is 0 Å². The molecule has 3 heterocycles. The van der Waals surface area contributed by atoms with Crippen LogP contribution in [0.15, 0.2) is 42.6 Å². The van der Waals surface area contributed by atoms with E-state index in [0.29, 0.717) is 23.5 Å². The maximum absolute atomic E-state index is 13.5. The summed E-state index contributed by atoms with van der Waals surface area (Å²) < 4.78 is 26.7. The fourth-order valence-corrected chi connectivity index (χ4v) is 4.40. The van der Waals surface area contributed by atoms with Crippen LogP contribution in [0.25, 0.3) is 5.57 Å². The molecule has 148 valence electrons. The van der Waals surface area contributed by atoms with Gasteiger partial charge in [0.25, 0.3) is 0 Å². The molecule has 29 heavy (non-hydrogen) atoms. The van der Waals surface area contributed by atoms with Crippen LogP contribution in [0.4, 0.5) is 19.3 Å². The number of nitrogens with zero attached hydrogens (tertiary/aromatic N) is 3. The number of hydrogen-bond donors (Lipinski definition) is 1. The van der Waals surface area contributed by atoms with Crippen LogP contribution >= 0.6 is 0 Å². The molecule has 0 unspecified atom stereocenters. The Morgan fingerprint density at radius 1 is 1.21 bits per heavy atom.